The fourth-order valence-electron chi connectivity index (χ4n) is 2.74. The maximum atomic E-state index is 6.01. The van der Waals surface area contributed by atoms with Crippen LogP contribution in [0, 0.1) is 0 Å². The number of likely N-dealkylation sites (tertiary alicyclic amines) is 1. The first-order chi connectivity index (χ1) is 9.20. The second kappa shape index (κ2) is 7.49. The van der Waals surface area contributed by atoms with E-state index in [0.29, 0.717) is 10.0 Å². The van der Waals surface area contributed by atoms with Crippen LogP contribution in [0.5, 0.6) is 0 Å². The van der Waals surface area contributed by atoms with Crippen molar-refractivity contribution in [1.29, 1.82) is 0 Å². The van der Waals surface area contributed by atoms with Gasteiger partial charge in [-0.3, -0.25) is 4.90 Å². The minimum Gasteiger partial charge on any atom is -0.315 e. The van der Waals surface area contributed by atoms with Crippen LogP contribution in [0.25, 0.3) is 0 Å². The summed E-state index contributed by atoms with van der Waals surface area (Å²) < 4.78 is 0. The highest BCUT2D eigenvalue weighted by molar-refractivity contribution is 6.42. The lowest BCUT2D eigenvalue weighted by atomic mass is 10.1. The SMILES string of the molecule is CCN1CCC[C@@H]1CNCCc1ccc(Cl)c(Cl)c1. The van der Waals surface area contributed by atoms with Crippen LogP contribution in [0.1, 0.15) is 25.3 Å². The molecule has 1 aromatic carbocycles. The summed E-state index contributed by atoms with van der Waals surface area (Å²) in [5, 5.41) is 4.83. The summed E-state index contributed by atoms with van der Waals surface area (Å²) in [6.07, 6.45) is 3.66. The van der Waals surface area contributed by atoms with Crippen LogP contribution < -0.4 is 5.32 Å². The van der Waals surface area contributed by atoms with E-state index >= 15 is 0 Å². The summed E-state index contributed by atoms with van der Waals surface area (Å²) in [7, 11) is 0. The molecule has 106 valence electrons. The van der Waals surface area contributed by atoms with Gasteiger partial charge in [0.1, 0.15) is 0 Å². The standard InChI is InChI=1S/C15H22Cl2N2/c1-2-19-9-3-4-13(19)11-18-8-7-12-5-6-14(16)15(17)10-12/h5-6,10,13,18H,2-4,7-9,11H2,1H3/t13-/m1/s1. The highest BCUT2D eigenvalue weighted by atomic mass is 35.5. The van der Waals surface area contributed by atoms with E-state index < -0.39 is 0 Å². The number of likely N-dealkylation sites (N-methyl/N-ethyl adjacent to an activating group) is 1. The van der Waals surface area contributed by atoms with E-state index in [4.69, 9.17) is 23.2 Å². The molecule has 1 saturated heterocycles. The molecule has 0 aromatic heterocycles. The number of nitrogens with zero attached hydrogens (tertiary/aromatic N) is 1. The molecule has 1 aliphatic rings. The number of halogens is 2. The van der Waals surface area contributed by atoms with Crippen molar-refractivity contribution in [2.75, 3.05) is 26.2 Å². The topological polar surface area (TPSA) is 15.3 Å². The van der Waals surface area contributed by atoms with Crippen LogP contribution in [-0.4, -0.2) is 37.1 Å². The van der Waals surface area contributed by atoms with Crippen molar-refractivity contribution in [3.8, 4) is 0 Å². The highest BCUT2D eigenvalue weighted by Gasteiger charge is 2.21. The van der Waals surface area contributed by atoms with Gasteiger partial charge in [-0.2, -0.15) is 0 Å². The Morgan fingerprint density at radius 1 is 1.32 bits per heavy atom. The van der Waals surface area contributed by atoms with Crippen LogP contribution >= 0.6 is 23.2 Å². The number of benzene rings is 1. The van der Waals surface area contributed by atoms with Gasteiger partial charge in [-0.25, -0.2) is 0 Å². The maximum absolute atomic E-state index is 6.01. The Hall–Kier alpha value is -0.280. The third-order valence-corrected chi connectivity index (χ3v) is 4.60. The van der Waals surface area contributed by atoms with Gasteiger partial charge in [0.05, 0.1) is 10.0 Å². The molecule has 2 nitrogen and oxygen atoms in total. The van der Waals surface area contributed by atoms with Gasteiger partial charge in [0.25, 0.3) is 0 Å². The summed E-state index contributed by atoms with van der Waals surface area (Å²) in [6, 6.07) is 6.59. The zero-order valence-electron chi connectivity index (χ0n) is 11.5. The predicted octanol–water partition coefficient (Wildman–Crippen LogP) is 3.61. The fourth-order valence-corrected chi connectivity index (χ4v) is 3.06. The van der Waals surface area contributed by atoms with Crippen LogP contribution in [0.4, 0.5) is 0 Å². The molecule has 0 unspecified atom stereocenters. The quantitative estimate of drug-likeness (QED) is 0.808. The third kappa shape index (κ3) is 4.35. The fraction of sp³-hybridized carbons (Fsp3) is 0.600. The van der Waals surface area contributed by atoms with Crippen molar-refractivity contribution >= 4 is 23.2 Å². The zero-order chi connectivity index (χ0) is 13.7. The Morgan fingerprint density at radius 2 is 2.16 bits per heavy atom. The smallest absolute Gasteiger partial charge is 0.0595 e. The average molecular weight is 301 g/mol. The predicted molar refractivity (Wildman–Crippen MR) is 83.3 cm³/mol. The molecule has 0 spiro atoms. The Kier molecular flexibility index (Phi) is 5.96. The maximum Gasteiger partial charge on any atom is 0.0595 e. The molecule has 0 bridgehead atoms. The third-order valence-electron chi connectivity index (χ3n) is 3.86. The molecule has 1 atom stereocenters. The lowest BCUT2D eigenvalue weighted by Gasteiger charge is -2.23. The number of nitrogens with one attached hydrogen (secondary N) is 1. The van der Waals surface area contributed by atoms with Gasteiger partial charge < -0.3 is 5.32 Å². The minimum absolute atomic E-state index is 0.628. The van der Waals surface area contributed by atoms with Gasteiger partial charge in [-0.15, -0.1) is 0 Å². The van der Waals surface area contributed by atoms with Crippen molar-refractivity contribution in [2.24, 2.45) is 0 Å². The molecule has 4 heteroatoms. The molecule has 1 aromatic rings. The van der Waals surface area contributed by atoms with E-state index in [1.807, 2.05) is 18.2 Å². The van der Waals surface area contributed by atoms with Crippen molar-refractivity contribution in [1.82, 2.24) is 10.2 Å². The lowest BCUT2D eigenvalue weighted by molar-refractivity contribution is 0.260. The van der Waals surface area contributed by atoms with E-state index in [-0.39, 0.29) is 0 Å². The second-order valence-corrected chi connectivity index (χ2v) is 5.94. The van der Waals surface area contributed by atoms with E-state index in [2.05, 4.69) is 17.1 Å². The largest absolute Gasteiger partial charge is 0.315 e. The van der Waals surface area contributed by atoms with Gasteiger partial charge >= 0.3 is 0 Å². The number of hydrogen-bond acceptors (Lipinski definition) is 2. The van der Waals surface area contributed by atoms with Gasteiger partial charge in [0.15, 0.2) is 0 Å². The second-order valence-electron chi connectivity index (χ2n) is 5.13. The van der Waals surface area contributed by atoms with Gasteiger partial charge in [-0.05, 0) is 56.6 Å². The molecule has 19 heavy (non-hydrogen) atoms. The molecule has 0 aliphatic carbocycles. The van der Waals surface area contributed by atoms with E-state index in [0.717, 1.165) is 25.6 Å². The molecule has 1 fully saturated rings. The summed E-state index contributed by atoms with van der Waals surface area (Å²) in [6.45, 7) is 6.75. The first-order valence-corrected chi connectivity index (χ1v) is 7.85. The molecule has 0 radical (unpaired) electrons. The number of hydrogen-bond donors (Lipinski definition) is 1. The highest BCUT2D eigenvalue weighted by Crippen LogP contribution is 2.22. The summed E-state index contributed by atoms with van der Waals surface area (Å²) in [5.74, 6) is 0. The first-order valence-electron chi connectivity index (χ1n) is 7.09. The van der Waals surface area contributed by atoms with E-state index in [9.17, 15) is 0 Å². The Balaban J connectivity index is 1.70. The summed E-state index contributed by atoms with van der Waals surface area (Å²) >= 11 is 11.9. The van der Waals surface area contributed by atoms with Crippen LogP contribution in [0.15, 0.2) is 18.2 Å². The van der Waals surface area contributed by atoms with Crippen LogP contribution in [-0.2, 0) is 6.42 Å². The minimum atomic E-state index is 0.628. The summed E-state index contributed by atoms with van der Waals surface area (Å²) in [4.78, 5) is 2.56. The van der Waals surface area contributed by atoms with E-state index in [1.54, 1.807) is 0 Å². The molecule has 1 aliphatic heterocycles. The van der Waals surface area contributed by atoms with Gasteiger partial charge in [0.2, 0.25) is 0 Å². The Labute approximate surface area is 126 Å². The summed E-state index contributed by atoms with van der Waals surface area (Å²) in [5.41, 5.74) is 1.24. The molecule has 0 saturated carbocycles. The molecule has 0 amide bonds. The Morgan fingerprint density at radius 3 is 2.89 bits per heavy atom. The van der Waals surface area contributed by atoms with Crippen molar-refractivity contribution < 1.29 is 0 Å². The van der Waals surface area contributed by atoms with Crippen molar-refractivity contribution in [3.63, 3.8) is 0 Å². The molecular weight excluding hydrogens is 279 g/mol. The van der Waals surface area contributed by atoms with Gasteiger partial charge in [0, 0.05) is 12.6 Å². The monoisotopic (exact) mass is 300 g/mol. The molecular formula is C15H22Cl2N2. The average Bonchev–Trinajstić information content (AvgIpc) is 2.86. The van der Waals surface area contributed by atoms with Crippen molar-refractivity contribution in [3.05, 3.63) is 33.8 Å². The van der Waals surface area contributed by atoms with Crippen molar-refractivity contribution in [2.45, 2.75) is 32.2 Å². The van der Waals surface area contributed by atoms with Crippen LogP contribution in [0.3, 0.4) is 0 Å². The number of rotatable bonds is 6. The first kappa shape index (κ1) is 15.1. The normalized spacial score (nSPS) is 20.1. The lowest BCUT2D eigenvalue weighted by Crippen LogP contribution is -2.38. The Bertz CT molecular complexity index is 409. The molecule has 1 N–H and O–H groups in total. The molecule has 1 heterocycles. The van der Waals surface area contributed by atoms with E-state index in [1.165, 1.54) is 31.5 Å². The zero-order valence-corrected chi connectivity index (χ0v) is 13.0. The van der Waals surface area contributed by atoms with Gasteiger partial charge in [-0.1, -0.05) is 36.2 Å². The molecule has 2 rings (SSSR count). The van der Waals surface area contributed by atoms with Crippen LogP contribution in [0.2, 0.25) is 10.0 Å².